The van der Waals surface area contributed by atoms with Gasteiger partial charge in [0, 0.05) is 36.0 Å². The summed E-state index contributed by atoms with van der Waals surface area (Å²) in [5, 5.41) is 11.3. The zero-order valence-electron chi connectivity index (χ0n) is 14.0. The highest BCUT2D eigenvalue weighted by atomic mass is 16.4. The molecule has 3 fully saturated rings. The van der Waals surface area contributed by atoms with Gasteiger partial charge in [-0.05, 0) is 43.1 Å². The van der Waals surface area contributed by atoms with Crippen LogP contribution in [0, 0.1) is 11.3 Å². The molecule has 0 spiro atoms. The number of fused-ring (bicyclic) bond motifs is 4. The highest BCUT2D eigenvalue weighted by Crippen LogP contribution is 2.57. The van der Waals surface area contributed by atoms with Crippen LogP contribution in [0.5, 0.6) is 5.75 Å². The molecule has 1 N–H and O–H groups in total. The Morgan fingerprint density at radius 1 is 1.39 bits per heavy atom. The van der Waals surface area contributed by atoms with Crippen molar-refractivity contribution in [2.24, 2.45) is 11.3 Å². The molecule has 2 saturated heterocycles. The number of piperidine rings is 2. The van der Waals surface area contributed by atoms with Gasteiger partial charge in [0.15, 0.2) is 11.3 Å². The molecule has 23 heavy (non-hydrogen) atoms. The molecule has 1 aliphatic carbocycles. The van der Waals surface area contributed by atoms with Gasteiger partial charge in [0.1, 0.15) is 5.76 Å². The topological polar surface area (TPSA) is 36.6 Å². The first-order valence-corrected chi connectivity index (χ1v) is 9.08. The van der Waals surface area contributed by atoms with Crippen molar-refractivity contribution in [1.82, 2.24) is 4.90 Å². The maximum absolute atomic E-state index is 10.2. The van der Waals surface area contributed by atoms with E-state index in [-0.39, 0.29) is 5.75 Å². The maximum Gasteiger partial charge on any atom is 0.176 e. The van der Waals surface area contributed by atoms with E-state index in [1.54, 1.807) is 6.07 Å². The fourth-order valence-corrected chi connectivity index (χ4v) is 5.94. The highest BCUT2D eigenvalue weighted by Gasteiger charge is 2.54. The molecule has 0 amide bonds. The minimum absolute atomic E-state index is 0.284. The van der Waals surface area contributed by atoms with Crippen molar-refractivity contribution in [3.63, 3.8) is 0 Å². The molecular formula is C20H25NO2. The molecule has 6 rings (SSSR count). The molecule has 5 atom stereocenters. The van der Waals surface area contributed by atoms with E-state index in [9.17, 15) is 5.11 Å². The van der Waals surface area contributed by atoms with Crippen LogP contribution in [-0.2, 0) is 6.42 Å². The molecule has 1 aromatic heterocycles. The first-order chi connectivity index (χ1) is 11.1. The maximum atomic E-state index is 10.2. The number of phenolic OH excluding ortho intramolecular Hbond substituents is 1. The number of rotatable bonds is 1. The molecule has 1 aromatic carbocycles. The summed E-state index contributed by atoms with van der Waals surface area (Å²) in [6.45, 7) is 7.22. The van der Waals surface area contributed by atoms with Gasteiger partial charge < -0.3 is 9.52 Å². The van der Waals surface area contributed by atoms with Crippen molar-refractivity contribution >= 4 is 11.0 Å². The van der Waals surface area contributed by atoms with E-state index in [1.807, 2.05) is 6.07 Å². The SMILES string of the molecule is CCC1(C)CC2CC3c4oc5c(O)cccc5c4CCN(C2)C31. The van der Waals surface area contributed by atoms with Gasteiger partial charge in [0.05, 0.1) is 0 Å². The number of aromatic hydroxyl groups is 1. The lowest BCUT2D eigenvalue weighted by atomic mass is 9.58. The van der Waals surface area contributed by atoms with Gasteiger partial charge in [-0.1, -0.05) is 26.0 Å². The molecule has 4 aliphatic rings. The van der Waals surface area contributed by atoms with Crippen molar-refractivity contribution in [2.75, 3.05) is 13.1 Å². The Kier molecular flexibility index (Phi) is 2.74. The summed E-state index contributed by atoms with van der Waals surface area (Å²) < 4.78 is 6.30. The smallest absolute Gasteiger partial charge is 0.176 e. The zero-order chi connectivity index (χ0) is 15.8. The summed E-state index contributed by atoms with van der Waals surface area (Å²) in [4.78, 5) is 2.75. The van der Waals surface area contributed by atoms with E-state index in [2.05, 4.69) is 24.8 Å². The molecule has 2 aromatic rings. The van der Waals surface area contributed by atoms with Crippen LogP contribution in [0.1, 0.15) is 50.4 Å². The molecule has 4 bridgehead atoms. The Morgan fingerprint density at radius 3 is 3.09 bits per heavy atom. The van der Waals surface area contributed by atoms with Crippen LogP contribution in [0.3, 0.4) is 0 Å². The molecule has 3 heteroatoms. The Labute approximate surface area is 137 Å². The molecule has 0 radical (unpaired) electrons. The summed E-state index contributed by atoms with van der Waals surface area (Å²) in [6.07, 6.45) is 4.90. The summed E-state index contributed by atoms with van der Waals surface area (Å²) >= 11 is 0. The van der Waals surface area contributed by atoms with Crippen molar-refractivity contribution in [1.29, 1.82) is 0 Å². The molecular weight excluding hydrogens is 286 g/mol. The minimum atomic E-state index is 0.284. The quantitative estimate of drug-likeness (QED) is 0.853. The summed E-state index contributed by atoms with van der Waals surface area (Å²) in [5.41, 5.74) is 2.45. The third-order valence-electron chi connectivity index (χ3n) is 6.95. The van der Waals surface area contributed by atoms with E-state index in [4.69, 9.17) is 4.42 Å². The Balaban J connectivity index is 1.72. The molecule has 1 saturated carbocycles. The molecule has 3 nitrogen and oxygen atoms in total. The summed E-state index contributed by atoms with van der Waals surface area (Å²) in [5.74, 6) is 2.75. The predicted molar refractivity (Wildman–Crippen MR) is 90.8 cm³/mol. The number of hydrogen-bond donors (Lipinski definition) is 1. The first-order valence-electron chi connectivity index (χ1n) is 9.08. The molecule has 3 aliphatic heterocycles. The van der Waals surface area contributed by atoms with Gasteiger partial charge >= 0.3 is 0 Å². The third kappa shape index (κ3) is 1.74. The van der Waals surface area contributed by atoms with Crippen LogP contribution in [0.15, 0.2) is 22.6 Å². The lowest BCUT2D eigenvalue weighted by Crippen LogP contribution is -2.60. The van der Waals surface area contributed by atoms with Gasteiger partial charge in [0.2, 0.25) is 0 Å². The van der Waals surface area contributed by atoms with E-state index in [1.165, 1.54) is 37.1 Å². The van der Waals surface area contributed by atoms with Crippen LogP contribution in [-0.4, -0.2) is 29.1 Å². The zero-order valence-corrected chi connectivity index (χ0v) is 14.0. The average Bonchev–Trinajstić information content (AvgIpc) is 2.87. The van der Waals surface area contributed by atoms with Crippen molar-refractivity contribution in [2.45, 2.75) is 51.5 Å². The summed E-state index contributed by atoms with van der Waals surface area (Å²) in [6, 6.07) is 6.38. The number of furan rings is 1. The minimum Gasteiger partial charge on any atom is -0.504 e. The van der Waals surface area contributed by atoms with E-state index < -0.39 is 0 Å². The summed E-state index contributed by atoms with van der Waals surface area (Å²) in [7, 11) is 0. The Morgan fingerprint density at radius 2 is 2.26 bits per heavy atom. The lowest BCUT2D eigenvalue weighted by molar-refractivity contribution is -0.0706. The van der Waals surface area contributed by atoms with E-state index >= 15 is 0 Å². The highest BCUT2D eigenvalue weighted by molar-refractivity contribution is 5.87. The average molecular weight is 311 g/mol. The molecule has 5 unspecified atom stereocenters. The fraction of sp³-hybridized carbons (Fsp3) is 0.600. The largest absolute Gasteiger partial charge is 0.504 e. The van der Waals surface area contributed by atoms with E-state index in [0.29, 0.717) is 23.0 Å². The lowest BCUT2D eigenvalue weighted by Gasteiger charge is -2.58. The van der Waals surface area contributed by atoms with Crippen molar-refractivity contribution < 1.29 is 9.52 Å². The number of phenols is 1. The molecule has 122 valence electrons. The monoisotopic (exact) mass is 311 g/mol. The third-order valence-corrected chi connectivity index (χ3v) is 6.95. The van der Waals surface area contributed by atoms with Gasteiger partial charge in [-0.15, -0.1) is 0 Å². The van der Waals surface area contributed by atoms with Gasteiger partial charge in [-0.25, -0.2) is 0 Å². The van der Waals surface area contributed by atoms with Crippen molar-refractivity contribution in [3.8, 4) is 5.75 Å². The van der Waals surface area contributed by atoms with Crippen LogP contribution in [0.25, 0.3) is 11.0 Å². The standard InChI is InChI=1S/C20H25NO2/c1-3-20(2)10-12-9-15-17-14(7-8-21(11-12)19(15)20)13-5-4-6-16(22)18(13)23-17/h4-6,12,15,19,22H,3,7-11H2,1-2H3. The number of nitrogens with zero attached hydrogens (tertiary/aromatic N) is 1. The Hall–Kier alpha value is -1.48. The Bertz CT molecular complexity index is 779. The van der Waals surface area contributed by atoms with Crippen LogP contribution in [0.4, 0.5) is 0 Å². The predicted octanol–water partition coefficient (Wildman–Crippen LogP) is 4.29. The normalized spacial score (nSPS) is 38.5. The number of benzene rings is 1. The fourth-order valence-electron chi connectivity index (χ4n) is 5.94. The molecule has 4 heterocycles. The van der Waals surface area contributed by atoms with Crippen LogP contribution >= 0.6 is 0 Å². The second-order valence-electron chi connectivity index (χ2n) is 8.21. The second kappa shape index (κ2) is 4.54. The van der Waals surface area contributed by atoms with Crippen LogP contribution in [0.2, 0.25) is 0 Å². The number of para-hydroxylation sites is 1. The van der Waals surface area contributed by atoms with Gasteiger partial charge in [-0.3, -0.25) is 4.90 Å². The van der Waals surface area contributed by atoms with Gasteiger partial charge in [-0.2, -0.15) is 0 Å². The van der Waals surface area contributed by atoms with Crippen molar-refractivity contribution in [3.05, 3.63) is 29.5 Å². The van der Waals surface area contributed by atoms with E-state index in [0.717, 1.165) is 24.3 Å². The van der Waals surface area contributed by atoms with Crippen LogP contribution < -0.4 is 0 Å². The second-order valence-corrected chi connectivity index (χ2v) is 8.21. The van der Waals surface area contributed by atoms with Gasteiger partial charge in [0.25, 0.3) is 0 Å². The first kappa shape index (κ1) is 13.9. The number of hydrogen-bond acceptors (Lipinski definition) is 3.